The van der Waals surface area contributed by atoms with Gasteiger partial charge in [0.05, 0.1) is 0 Å². The molecule has 0 bridgehead atoms. The SMILES string of the molecule is Cc1ncc([N+](=O)[O-])n1CC(=O)NCCc1c(F)cccc1F. The first-order chi connectivity index (χ1) is 10.9. The van der Waals surface area contributed by atoms with E-state index < -0.39 is 22.5 Å². The number of imidazole rings is 1. The van der Waals surface area contributed by atoms with Crippen molar-refractivity contribution in [1.82, 2.24) is 14.9 Å². The van der Waals surface area contributed by atoms with Gasteiger partial charge < -0.3 is 15.4 Å². The second kappa shape index (κ2) is 6.95. The molecule has 1 aromatic heterocycles. The Hall–Kier alpha value is -2.84. The van der Waals surface area contributed by atoms with Gasteiger partial charge in [0.2, 0.25) is 0 Å². The quantitative estimate of drug-likeness (QED) is 0.647. The average Bonchev–Trinajstić information content (AvgIpc) is 2.83. The number of nitro groups is 1. The fourth-order valence-corrected chi connectivity index (χ4v) is 2.10. The smallest absolute Gasteiger partial charge is 0.343 e. The van der Waals surface area contributed by atoms with Crippen LogP contribution in [0.5, 0.6) is 0 Å². The molecule has 2 aromatic rings. The van der Waals surface area contributed by atoms with Crippen LogP contribution in [0.3, 0.4) is 0 Å². The lowest BCUT2D eigenvalue weighted by molar-refractivity contribution is -0.392. The molecule has 0 radical (unpaired) electrons. The van der Waals surface area contributed by atoms with E-state index in [4.69, 9.17) is 0 Å². The maximum atomic E-state index is 13.4. The summed E-state index contributed by atoms with van der Waals surface area (Å²) >= 11 is 0. The van der Waals surface area contributed by atoms with E-state index in [1.165, 1.54) is 13.0 Å². The first-order valence-corrected chi connectivity index (χ1v) is 6.76. The summed E-state index contributed by atoms with van der Waals surface area (Å²) in [6.07, 6.45) is 1.05. The van der Waals surface area contributed by atoms with E-state index in [2.05, 4.69) is 10.3 Å². The second-order valence-corrected chi connectivity index (χ2v) is 4.81. The third-order valence-corrected chi connectivity index (χ3v) is 3.28. The van der Waals surface area contributed by atoms with E-state index in [0.29, 0.717) is 5.82 Å². The maximum Gasteiger partial charge on any atom is 0.343 e. The maximum absolute atomic E-state index is 13.4. The predicted molar refractivity (Wildman–Crippen MR) is 76.7 cm³/mol. The summed E-state index contributed by atoms with van der Waals surface area (Å²) in [5.74, 6) is -1.84. The van der Waals surface area contributed by atoms with E-state index in [1.807, 2.05) is 0 Å². The Labute approximate surface area is 130 Å². The fourth-order valence-electron chi connectivity index (χ4n) is 2.10. The summed E-state index contributed by atoms with van der Waals surface area (Å²) in [6.45, 7) is 1.26. The molecule has 2 rings (SSSR count). The van der Waals surface area contributed by atoms with Crippen LogP contribution < -0.4 is 5.32 Å². The van der Waals surface area contributed by atoms with Crippen LogP contribution in [0.2, 0.25) is 0 Å². The molecular weight excluding hydrogens is 310 g/mol. The second-order valence-electron chi connectivity index (χ2n) is 4.81. The molecule has 0 aliphatic rings. The van der Waals surface area contributed by atoms with Crippen LogP contribution in [0.15, 0.2) is 24.4 Å². The molecule has 0 atom stereocenters. The van der Waals surface area contributed by atoms with Crippen molar-refractivity contribution in [2.24, 2.45) is 0 Å². The molecular formula is C14H14F2N4O3. The highest BCUT2D eigenvalue weighted by Crippen LogP contribution is 2.14. The van der Waals surface area contributed by atoms with Gasteiger partial charge in [-0.1, -0.05) is 6.07 Å². The molecule has 0 aliphatic heterocycles. The molecule has 0 aliphatic carbocycles. The Kier molecular flexibility index (Phi) is 4.99. The molecule has 9 heteroatoms. The fraction of sp³-hybridized carbons (Fsp3) is 0.286. The van der Waals surface area contributed by atoms with Crippen LogP contribution >= 0.6 is 0 Å². The van der Waals surface area contributed by atoms with E-state index in [-0.39, 0.29) is 30.9 Å². The van der Waals surface area contributed by atoms with E-state index in [0.717, 1.165) is 22.9 Å². The molecule has 1 N–H and O–H groups in total. The van der Waals surface area contributed by atoms with Crippen molar-refractivity contribution in [3.8, 4) is 0 Å². The van der Waals surface area contributed by atoms with E-state index in [9.17, 15) is 23.7 Å². The molecule has 1 aromatic carbocycles. The summed E-state index contributed by atoms with van der Waals surface area (Å²) in [5.41, 5.74) is -0.113. The zero-order valence-electron chi connectivity index (χ0n) is 12.3. The third-order valence-electron chi connectivity index (χ3n) is 3.28. The summed E-state index contributed by atoms with van der Waals surface area (Å²) in [6, 6.07) is 3.53. The lowest BCUT2D eigenvalue weighted by Crippen LogP contribution is -2.30. The van der Waals surface area contributed by atoms with Crippen molar-refractivity contribution in [2.45, 2.75) is 19.9 Å². The number of rotatable bonds is 6. The van der Waals surface area contributed by atoms with E-state index in [1.54, 1.807) is 0 Å². The number of hydrogen-bond donors (Lipinski definition) is 1. The van der Waals surface area contributed by atoms with Gasteiger partial charge in [-0.3, -0.25) is 4.79 Å². The average molecular weight is 324 g/mol. The van der Waals surface area contributed by atoms with Gasteiger partial charge in [0.15, 0.2) is 12.4 Å². The zero-order chi connectivity index (χ0) is 17.0. The molecule has 122 valence electrons. The van der Waals surface area contributed by atoms with Gasteiger partial charge in [-0.25, -0.2) is 18.3 Å². The Morgan fingerprint density at radius 1 is 1.39 bits per heavy atom. The predicted octanol–water partition coefficient (Wildman–Crippen LogP) is 1.74. The molecule has 7 nitrogen and oxygen atoms in total. The van der Waals surface area contributed by atoms with Crippen molar-refractivity contribution in [3.63, 3.8) is 0 Å². The molecule has 23 heavy (non-hydrogen) atoms. The van der Waals surface area contributed by atoms with Crippen LogP contribution in [0.25, 0.3) is 0 Å². The number of benzene rings is 1. The molecule has 0 fully saturated rings. The minimum absolute atomic E-state index is 0.0121. The highest BCUT2D eigenvalue weighted by atomic mass is 19.1. The minimum Gasteiger partial charge on any atom is -0.358 e. The van der Waals surface area contributed by atoms with Crippen LogP contribution in [0.4, 0.5) is 14.6 Å². The third kappa shape index (κ3) is 3.87. The number of amides is 1. The van der Waals surface area contributed by atoms with Gasteiger partial charge in [-0.2, -0.15) is 0 Å². The van der Waals surface area contributed by atoms with Crippen molar-refractivity contribution in [2.75, 3.05) is 6.54 Å². The van der Waals surface area contributed by atoms with Gasteiger partial charge in [0.25, 0.3) is 5.91 Å². The molecule has 0 saturated heterocycles. The van der Waals surface area contributed by atoms with Crippen LogP contribution in [0, 0.1) is 28.7 Å². The lowest BCUT2D eigenvalue weighted by atomic mass is 10.1. The van der Waals surface area contributed by atoms with Crippen LogP contribution in [-0.4, -0.2) is 26.9 Å². The number of hydrogen-bond acceptors (Lipinski definition) is 4. The Morgan fingerprint density at radius 2 is 2.04 bits per heavy atom. The van der Waals surface area contributed by atoms with Gasteiger partial charge in [-0.05, 0) is 23.5 Å². The summed E-state index contributed by atoms with van der Waals surface area (Å²) in [4.78, 5) is 25.8. The highest BCUT2D eigenvalue weighted by Gasteiger charge is 2.20. The normalized spacial score (nSPS) is 10.6. The number of nitrogens with one attached hydrogen (secondary N) is 1. The van der Waals surface area contributed by atoms with Gasteiger partial charge in [0.1, 0.15) is 17.8 Å². The largest absolute Gasteiger partial charge is 0.358 e. The topological polar surface area (TPSA) is 90.1 Å². The number of aromatic nitrogens is 2. The van der Waals surface area contributed by atoms with Crippen molar-refractivity contribution in [1.29, 1.82) is 0 Å². The molecule has 0 saturated carbocycles. The van der Waals surface area contributed by atoms with Crippen molar-refractivity contribution >= 4 is 11.7 Å². The van der Waals surface area contributed by atoms with Crippen molar-refractivity contribution in [3.05, 3.63) is 57.5 Å². The Bertz CT molecular complexity index is 725. The Balaban J connectivity index is 1.94. The Morgan fingerprint density at radius 3 is 2.65 bits per heavy atom. The molecule has 0 unspecified atom stereocenters. The number of carbonyl (C=O) groups is 1. The molecule has 1 heterocycles. The summed E-state index contributed by atoms with van der Waals surface area (Å²) in [5, 5.41) is 13.3. The number of nitrogens with zero attached hydrogens (tertiary/aromatic N) is 3. The van der Waals surface area contributed by atoms with Crippen molar-refractivity contribution < 1.29 is 18.5 Å². The zero-order valence-corrected chi connectivity index (χ0v) is 12.3. The first kappa shape index (κ1) is 16.5. The standard InChI is InChI=1S/C14H14F2N4O3/c1-9-18-7-14(20(22)23)19(9)8-13(21)17-6-5-10-11(15)3-2-4-12(10)16/h2-4,7H,5-6,8H2,1H3,(H,17,21). The van der Waals surface area contributed by atoms with E-state index >= 15 is 0 Å². The number of aryl methyl sites for hydroxylation is 1. The highest BCUT2D eigenvalue weighted by molar-refractivity contribution is 5.76. The van der Waals surface area contributed by atoms with Gasteiger partial charge in [-0.15, -0.1) is 0 Å². The number of carbonyl (C=O) groups excluding carboxylic acids is 1. The molecule has 1 amide bonds. The molecule has 0 spiro atoms. The first-order valence-electron chi connectivity index (χ1n) is 6.76. The van der Waals surface area contributed by atoms with Crippen LogP contribution in [-0.2, 0) is 17.8 Å². The summed E-state index contributed by atoms with van der Waals surface area (Å²) in [7, 11) is 0. The monoisotopic (exact) mass is 324 g/mol. The lowest BCUT2D eigenvalue weighted by Gasteiger charge is -2.07. The van der Waals surface area contributed by atoms with Gasteiger partial charge in [0, 0.05) is 19.0 Å². The van der Waals surface area contributed by atoms with Crippen LogP contribution in [0.1, 0.15) is 11.4 Å². The minimum atomic E-state index is -0.680. The van der Waals surface area contributed by atoms with Gasteiger partial charge >= 0.3 is 5.82 Å². The number of halogens is 2. The summed E-state index contributed by atoms with van der Waals surface area (Å²) < 4.78 is 28.0.